The highest BCUT2D eigenvalue weighted by Gasteiger charge is 2.24. The van der Waals surface area contributed by atoms with E-state index in [0.29, 0.717) is 56.1 Å². The van der Waals surface area contributed by atoms with Crippen molar-refractivity contribution >= 4 is 23.2 Å². The van der Waals surface area contributed by atoms with E-state index in [4.69, 9.17) is 14.2 Å². The van der Waals surface area contributed by atoms with Gasteiger partial charge in [0.25, 0.3) is 5.91 Å². The Morgan fingerprint density at radius 3 is 2.29 bits per heavy atom. The van der Waals surface area contributed by atoms with Crippen LogP contribution in [0.25, 0.3) is 0 Å². The van der Waals surface area contributed by atoms with Crippen molar-refractivity contribution in [3.05, 3.63) is 81.0 Å². The molecule has 0 unspecified atom stereocenters. The minimum atomic E-state index is -0.139. The summed E-state index contributed by atoms with van der Waals surface area (Å²) in [5.41, 5.74) is 3.70. The van der Waals surface area contributed by atoms with Crippen LogP contribution in [0.4, 0.5) is 0 Å². The number of nitrogens with zero attached hydrogens (tertiary/aromatic N) is 2. The van der Waals surface area contributed by atoms with Crippen molar-refractivity contribution in [2.24, 2.45) is 0 Å². The summed E-state index contributed by atoms with van der Waals surface area (Å²) in [5.74, 6) is 1.10. The van der Waals surface area contributed by atoms with Crippen LogP contribution in [-0.4, -0.2) is 69.2 Å². The van der Waals surface area contributed by atoms with E-state index in [1.807, 2.05) is 59.7 Å². The third-order valence-electron chi connectivity index (χ3n) is 6.54. The highest BCUT2D eigenvalue weighted by atomic mass is 32.1. The fourth-order valence-electron chi connectivity index (χ4n) is 4.23. The van der Waals surface area contributed by atoms with Gasteiger partial charge in [-0.2, -0.15) is 0 Å². The van der Waals surface area contributed by atoms with Gasteiger partial charge >= 0.3 is 0 Å². The SMILES string of the molecule is COCCCN(CC(=O)N(CCc1ccc(OC)c(OC)c1)Cc1sccc1C)C(=O)c1ccccc1C. The lowest BCUT2D eigenvalue weighted by Crippen LogP contribution is -2.44. The Labute approximate surface area is 229 Å². The number of amides is 2. The Hall–Kier alpha value is -3.36. The van der Waals surface area contributed by atoms with E-state index in [9.17, 15) is 9.59 Å². The van der Waals surface area contributed by atoms with Gasteiger partial charge in [0.05, 0.1) is 20.8 Å². The van der Waals surface area contributed by atoms with E-state index >= 15 is 0 Å². The first-order valence-corrected chi connectivity index (χ1v) is 13.6. The third kappa shape index (κ3) is 7.82. The fraction of sp³-hybridized carbons (Fsp3) is 0.400. The van der Waals surface area contributed by atoms with Gasteiger partial charge in [0.15, 0.2) is 11.5 Å². The zero-order chi connectivity index (χ0) is 27.5. The first-order chi connectivity index (χ1) is 18.4. The standard InChI is InChI=1S/C30H38N2O5S/c1-22-9-6-7-10-25(22)30(34)32(15-8-17-35-3)21-29(33)31(20-28-23(2)14-18-38-28)16-13-24-11-12-26(36-4)27(19-24)37-5/h6-7,9-12,14,18-19H,8,13,15-17,20-21H2,1-5H3. The minimum Gasteiger partial charge on any atom is -0.493 e. The first-order valence-electron chi connectivity index (χ1n) is 12.7. The summed E-state index contributed by atoms with van der Waals surface area (Å²) in [4.78, 5) is 31.9. The lowest BCUT2D eigenvalue weighted by Gasteiger charge is -2.28. The number of benzene rings is 2. The lowest BCUT2D eigenvalue weighted by molar-refractivity contribution is -0.132. The second-order valence-corrected chi connectivity index (χ2v) is 10.2. The van der Waals surface area contributed by atoms with Gasteiger partial charge in [0, 0.05) is 37.2 Å². The number of carbonyl (C=O) groups is 2. The monoisotopic (exact) mass is 538 g/mol. The molecule has 0 saturated carbocycles. The van der Waals surface area contributed by atoms with Crippen LogP contribution in [0.3, 0.4) is 0 Å². The molecular formula is C30H38N2O5S. The molecule has 0 N–H and O–H groups in total. The summed E-state index contributed by atoms with van der Waals surface area (Å²) in [6, 6.07) is 15.4. The van der Waals surface area contributed by atoms with Gasteiger partial charge in [-0.3, -0.25) is 9.59 Å². The molecule has 3 rings (SSSR count). The quantitative estimate of drug-likeness (QED) is 0.266. The second kappa shape index (κ2) is 14.5. The number of ether oxygens (including phenoxy) is 3. The predicted octanol–water partition coefficient (Wildman–Crippen LogP) is 5.13. The topological polar surface area (TPSA) is 68.3 Å². The average Bonchev–Trinajstić information content (AvgIpc) is 3.34. The first kappa shape index (κ1) is 29.2. The summed E-state index contributed by atoms with van der Waals surface area (Å²) in [6.45, 7) is 5.94. The maximum absolute atomic E-state index is 13.8. The molecule has 1 heterocycles. The average molecular weight is 539 g/mol. The lowest BCUT2D eigenvalue weighted by atomic mass is 10.1. The van der Waals surface area contributed by atoms with Gasteiger partial charge in [0.1, 0.15) is 6.54 Å². The Morgan fingerprint density at radius 2 is 1.63 bits per heavy atom. The summed E-state index contributed by atoms with van der Waals surface area (Å²) in [7, 11) is 4.86. The molecular weight excluding hydrogens is 500 g/mol. The molecule has 0 saturated heterocycles. The number of thiophene rings is 1. The molecule has 0 aliphatic heterocycles. The van der Waals surface area contributed by atoms with Gasteiger partial charge in [0.2, 0.25) is 5.91 Å². The molecule has 204 valence electrons. The molecule has 0 fully saturated rings. The molecule has 0 aliphatic rings. The van der Waals surface area contributed by atoms with E-state index in [1.54, 1.807) is 37.6 Å². The Morgan fingerprint density at radius 1 is 0.868 bits per heavy atom. The zero-order valence-electron chi connectivity index (χ0n) is 23.0. The molecule has 2 aromatic carbocycles. The molecule has 0 spiro atoms. The summed E-state index contributed by atoms with van der Waals surface area (Å²) < 4.78 is 16.0. The van der Waals surface area contributed by atoms with Crippen LogP contribution in [0, 0.1) is 13.8 Å². The van der Waals surface area contributed by atoms with Crippen LogP contribution in [-0.2, 0) is 22.5 Å². The highest BCUT2D eigenvalue weighted by molar-refractivity contribution is 7.10. The van der Waals surface area contributed by atoms with E-state index in [1.165, 1.54) is 0 Å². The van der Waals surface area contributed by atoms with Gasteiger partial charge in [-0.25, -0.2) is 0 Å². The van der Waals surface area contributed by atoms with Crippen LogP contribution in [0.15, 0.2) is 53.9 Å². The minimum absolute atomic E-state index is 0.00718. The third-order valence-corrected chi connectivity index (χ3v) is 7.55. The van der Waals surface area contributed by atoms with E-state index in [2.05, 4.69) is 13.0 Å². The van der Waals surface area contributed by atoms with Crippen molar-refractivity contribution in [3.63, 3.8) is 0 Å². The Kier molecular flexibility index (Phi) is 11.2. The number of hydrogen-bond donors (Lipinski definition) is 0. The fourth-order valence-corrected chi connectivity index (χ4v) is 5.15. The Bertz CT molecular complexity index is 1210. The highest BCUT2D eigenvalue weighted by Crippen LogP contribution is 2.28. The number of carbonyl (C=O) groups excluding carboxylic acids is 2. The molecule has 0 aliphatic carbocycles. The van der Waals surface area contributed by atoms with Gasteiger partial charge in [-0.15, -0.1) is 11.3 Å². The van der Waals surface area contributed by atoms with Gasteiger partial charge in [-0.1, -0.05) is 24.3 Å². The van der Waals surface area contributed by atoms with E-state index in [-0.39, 0.29) is 18.4 Å². The smallest absolute Gasteiger partial charge is 0.254 e. The van der Waals surface area contributed by atoms with Crippen LogP contribution in [0.5, 0.6) is 11.5 Å². The molecule has 8 heteroatoms. The molecule has 38 heavy (non-hydrogen) atoms. The molecule has 7 nitrogen and oxygen atoms in total. The summed E-state index contributed by atoms with van der Waals surface area (Å²) in [6.07, 6.45) is 1.29. The molecule has 3 aromatic rings. The van der Waals surface area contributed by atoms with Crippen LogP contribution < -0.4 is 9.47 Å². The molecule has 2 amide bonds. The van der Waals surface area contributed by atoms with Crippen molar-refractivity contribution in [1.29, 1.82) is 0 Å². The number of hydrogen-bond acceptors (Lipinski definition) is 6. The van der Waals surface area contributed by atoms with Crippen LogP contribution >= 0.6 is 11.3 Å². The summed E-state index contributed by atoms with van der Waals surface area (Å²) >= 11 is 1.64. The molecule has 0 bridgehead atoms. The molecule has 0 radical (unpaired) electrons. The maximum atomic E-state index is 13.8. The van der Waals surface area contributed by atoms with Crippen molar-refractivity contribution in [1.82, 2.24) is 9.80 Å². The molecule has 1 aromatic heterocycles. The van der Waals surface area contributed by atoms with Crippen LogP contribution in [0.2, 0.25) is 0 Å². The molecule has 0 atom stereocenters. The maximum Gasteiger partial charge on any atom is 0.254 e. The predicted molar refractivity (Wildman–Crippen MR) is 151 cm³/mol. The van der Waals surface area contributed by atoms with Crippen molar-refractivity contribution in [3.8, 4) is 11.5 Å². The zero-order valence-corrected chi connectivity index (χ0v) is 23.8. The number of aryl methyl sites for hydroxylation is 2. The summed E-state index contributed by atoms with van der Waals surface area (Å²) in [5, 5.41) is 2.04. The van der Waals surface area contributed by atoms with Crippen molar-refractivity contribution in [2.75, 3.05) is 47.6 Å². The van der Waals surface area contributed by atoms with E-state index in [0.717, 1.165) is 21.6 Å². The van der Waals surface area contributed by atoms with Crippen molar-refractivity contribution < 1.29 is 23.8 Å². The van der Waals surface area contributed by atoms with Gasteiger partial charge in [-0.05, 0) is 73.0 Å². The van der Waals surface area contributed by atoms with Crippen molar-refractivity contribution in [2.45, 2.75) is 33.2 Å². The Balaban J connectivity index is 1.81. The second-order valence-electron chi connectivity index (χ2n) is 9.17. The number of methoxy groups -OCH3 is 3. The normalized spacial score (nSPS) is 10.8. The van der Waals surface area contributed by atoms with E-state index < -0.39 is 0 Å². The van der Waals surface area contributed by atoms with Crippen LogP contribution in [0.1, 0.15) is 38.3 Å². The number of rotatable bonds is 14. The largest absolute Gasteiger partial charge is 0.493 e. The van der Waals surface area contributed by atoms with Gasteiger partial charge < -0.3 is 24.0 Å².